The molecule has 1 aromatic heterocycles. The summed E-state index contributed by atoms with van der Waals surface area (Å²) in [5.41, 5.74) is -0.729. The maximum Gasteiger partial charge on any atom is 0.407 e. The number of carbonyl (C=O) groups is 1. The van der Waals surface area contributed by atoms with Crippen molar-refractivity contribution in [1.82, 2.24) is 15.2 Å². The molecular formula is C16H21N3O2. The number of fused-ring (bicyclic) bond motifs is 1. The summed E-state index contributed by atoms with van der Waals surface area (Å²) in [6.45, 7) is -2.96. The molecule has 3 rings (SSSR count). The minimum absolute atomic E-state index is 0.0649. The van der Waals surface area contributed by atoms with Crippen LogP contribution in [0.15, 0.2) is 24.3 Å². The first-order valence-electron chi connectivity index (χ1n) is 11.8. The molecule has 0 bridgehead atoms. The molecule has 1 aliphatic rings. The number of H-pyrrole nitrogens is 1. The first-order valence-corrected chi connectivity index (χ1v) is 6.41. The number of amides is 1. The molecule has 0 saturated carbocycles. The van der Waals surface area contributed by atoms with Gasteiger partial charge < -0.3 is 19.9 Å². The second kappa shape index (κ2) is 5.77. The topological polar surface area (TPSA) is 57.4 Å². The molecular weight excluding hydrogens is 266 g/mol. The Labute approximate surface area is 139 Å². The number of ether oxygens (including phenoxy) is 1. The van der Waals surface area contributed by atoms with Crippen LogP contribution in [0.25, 0.3) is 10.9 Å². The van der Waals surface area contributed by atoms with E-state index in [0.717, 1.165) is 4.90 Å². The number of benzene rings is 1. The maximum atomic E-state index is 11.6. The van der Waals surface area contributed by atoms with Crippen LogP contribution in [0.2, 0.25) is 2.82 Å². The minimum atomic E-state index is -2.62. The van der Waals surface area contributed by atoms with E-state index in [-0.39, 0.29) is 34.7 Å². The number of nitrogens with zero attached hydrogens (tertiary/aromatic N) is 1. The maximum absolute atomic E-state index is 11.6. The molecule has 2 heterocycles. The Balaban J connectivity index is 2.22. The van der Waals surface area contributed by atoms with E-state index in [9.17, 15) is 4.79 Å². The average molecular weight is 298 g/mol. The highest BCUT2D eigenvalue weighted by molar-refractivity contribution is 5.84. The number of hydrogen-bond acceptors (Lipinski definition) is 3. The highest BCUT2D eigenvalue weighted by Gasteiger charge is 2.22. The molecule has 21 heavy (non-hydrogen) atoms. The monoisotopic (exact) mass is 298 g/mol. The van der Waals surface area contributed by atoms with Crippen molar-refractivity contribution in [2.75, 3.05) is 27.2 Å². The van der Waals surface area contributed by atoms with Crippen LogP contribution in [0.5, 0.6) is 0 Å². The summed E-state index contributed by atoms with van der Waals surface area (Å²) in [5, 5.41) is 0.176. The van der Waals surface area contributed by atoms with E-state index in [2.05, 4.69) is 0 Å². The van der Waals surface area contributed by atoms with Gasteiger partial charge in [0.1, 0.15) is 6.61 Å². The third kappa shape index (κ3) is 3.19. The van der Waals surface area contributed by atoms with Crippen molar-refractivity contribution in [2.45, 2.75) is 18.8 Å². The molecule has 112 valence electrons. The van der Waals surface area contributed by atoms with Crippen LogP contribution >= 0.6 is 0 Å². The molecule has 1 aliphatic heterocycles. The fraction of sp³-hybridized carbons (Fsp3) is 0.438. The zero-order valence-electron chi connectivity index (χ0n) is 22.4. The predicted molar refractivity (Wildman–Crippen MR) is 82.5 cm³/mol. The molecule has 1 saturated heterocycles. The zero-order valence-corrected chi connectivity index (χ0v) is 11.4. The lowest BCUT2D eigenvalue weighted by atomic mass is 10.0. The zero-order chi connectivity index (χ0) is 24.3. The largest absolute Gasteiger partial charge is 0.447 e. The van der Waals surface area contributed by atoms with E-state index in [4.69, 9.17) is 19.9 Å². The van der Waals surface area contributed by atoms with Gasteiger partial charge in [-0.1, -0.05) is 6.04 Å². The smallest absolute Gasteiger partial charge is 0.407 e. The van der Waals surface area contributed by atoms with Gasteiger partial charge in [-0.3, -0.25) is 0 Å². The number of alkyl carbamates (subject to hydrolysis) is 1. The number of likely N-dealkylation sites (N-methyl/N-ethyl adjacent to an activating group) is 1. The molecule has 0 aliphatic carbocycles. The Morgan fingerprint density at radius 3 is 3.33 bits per heavy atom. The van der Waals surface area contributed by atoms with Gasteiger partial charge in [0.15, 0.2) is 2.82 Å². The van der Waals surface area contributed by atoms with E-state index in [1.165, 1.54) is 7.05 Å². The van der Waals surface area contributed by atoms with E-state index in [0.29, 0.717) is 4.98 Å². The molecule has 5 heteroatoms. The van der Waals surface area contributed by atoms with Crippen LogP contribution < -0.4 is 5.31 Å². The molecule has 0 unspecified atom stereocenters. The van der Waals surface area contributed by atoms with Crippen molar-refractivity contribution in [2.24, 2.45) is 0 Å². The predicted octanol–water partition coefficient (Wildman–Crippen LogP) is 1.92. The van der Waals surface area contributed by atoms with Crippen molar-refractivity contribution in [3.05, 3.63) is 35.4 Å². The van der Waals surface area contributed by atoms with Crippen LogP contribution in [-0.2, 0) is 17.5 Å². The van der Waals surface area contributed by atoms with Gasteiger partial charge in [0.25, 0.3) is 0 Å². The second-order valence-electron chi connectivity index (χ2n) is 4.71. The summed E-state index contributed by atoms with van der Waals surface area (Å²) < 4.78 is 93.3. The Morgan fingerprint density at radius 2 is 2.57 bits per heavy atom. The van der Waals surface area contributed by atoms with Crippen LogP contribution in [0.4, 0.5) is 4.79 Å². The van der Waals surface area contributed by atoms with Crippen LogP contribution in [0.1, 0.15) is 23.5 Å². The van der Waals surface area contributed by atoms with Gasteiger partial charge in [-0.15, -0.1) is 0 Å². The molecule has 0 radical (unpaired) electrons. The molecule has 1 amide bonds. The first kappa shape index (κ1) is 6.01. The van der Waals surface area contributed by atoms with Crippen LogP contribution in [0.3, 0.4) is 0 Å². The molecule has 1 atom stereocenters. The van der Waals surface area contributed by atoms with Crippen molar-refractivity contribution in [3.8, 4) is 0 Å². The van der Waals surface area contributed by atoms with Crippen molar-refractivity contribution < 1.29 is 24.7 Å². The quantitative estimate of drug-likeness (QED) is 0.887. The van der Waals surface area contributed by atoms with Gasteiger partial charge in [0.2, 0.25) is 0 Å². The molecule has 2 aromatic rings. The molecule has 2 N–H and O–H groups in total. The van der Waals surface area contributed by atoms with Crippen molar-refractivity contribution >= 4 is 17.0 Å². The first-order chi connectivity index (χ1) is 14.6. The Kier molecular flexibility index (Phi) is 1.65. The van der Waals surface area contributed by atoms with Crippen LogP contribution in [-0.4, -0.2) is 49.2 Å². The van der Waals surface area contributed by atoms with Gasteiger partial charge in [-0.2, -0.15) is 0 Å². The van der Waals surface area contributed by atoms with Crippen molar-refractivity contribution in [1.29, 1.82) is 0 Å². The van der Waals surface area contributed by atoms with Gasteiger partial charge in [0, 0.05) is 30.5 Å². The highest BCUT2D eigenvalue weighted by atomic mass is 16.6. The summed E-state index contributed by atoms with van der Waals surface area (Å²) in [4.78, 5) is 13.2. The molecule has 1 fully saturated rings. The van der Waals surface area contributed by atoms with Gasteiger partial charge in [-0.05, 0) is 50.0 Å². The third-order valence-electron chi connectivity index (χ3n) is 3.03. The fourth-order valence-electron chi connectivity index (χ4n) is 2.01. The lowest BCUT2D eigenvalue weighted by Gasteiger charge is -2.09. The number of aromatic nitrogens is 1. The summed E-state index contributed by atoms with van der Waals surface area (Å²) in [5.74, 6) is 0. The standard InChI is InChI=1S/C16H21N3O2/c1-19(2)6-5-12-9-17-15-4-3-11(8-14(12)15)7-13-10-21-16(20)18-13/h3-4,8-9,13,17H,5-7,10H2,1-2H3,(H,18,20)/t13-/m0/s1/i1D3,3D,4D,7D2,8D,9D/hD2. The lowest BCUT2D eigenvalue weighted by Crippen LogP contribution is -2.28. The van der Waals surface area contributed by atoms with Crippen molar-refractivity contribution in [3.63, 3.8) is 0 Å². The van der Waals surface area contributed by atoms with Gasteiger partial charge in [-0.25, -0.2) is 4.79 Å². The summed E-state index contributed by atoms with van der Waals surface area (Å²) >= 11 is 0. The van der Waals surface area contributed by atoms with E-state index in [1.807, 2.05) is 0 Å². The van der Waals surface area contributed by atoms with E-state index >= 15 is 0 Å². The SMILES string of the molecule is [2H]c1c(C([2H])([2H])[C@H]2COC(=O)N2[2H])c([2H])c2c(CCN(C)C([2H])([2H])[2H])c([2H])n([2H])c2c1[2H]. The number of hydrogen-bond donors (Lipinski definition) is 2. The molecule has 1 aromatic carbocycles. The number of nitrogens with one attached hydrogen (secondary N) is 2. The summed E-state index contributed by atoms with van der Waals surface area (Å²) in [6.07, 6.45) is -4.18. The van der Waals surface area contributed by atoms with Crippen LogP contribution in [0, 0.1) is 0 Å². The van der Waals surface area contributed by atoms with Gasteiger partial charge in [0.05, 0.1) is 11.5 Å². The highest BCUT2D eigenvalue weighted by Crippen LogP contribution is 2.21. The Morgan fingerprint density at radius 1 is 1.67 bits per heavy atom. The second-order valence-corrected chi connectivity index (χ2v) is 4.71. The third-order valence-corrected chi connectivity index (χ3v) is 3.03. The van der Waals surface area contributed by atoms with Gasteiger partial charge >= 0.3 is 6.09 Å². The lowest BCUT2D eigenvalue weighted by molar-refractivity contribution is 0.177. The number of aromatic amines is 1. The molecule has 5 nitrogen and oxygen atoms in total. The fourth-order valence-corrected chi connectivity index (χ4v) is 2.01. The number of carbonyl (C=O) groups excluding carboxylic acids is 1. The summed E-state index contributed by atoms with van der Waals surface area (Å²) in [7, 11) is 1.35. The number of rotatable bonds is 5. The average Bonchev–Trinajstić information content (AvgIpc) is 3.15. The minimum Gasteiger partial charge on any atom is -0.447 e. The Hall–Kier alpha value is -2.01. The number of cyclic esters (lactones) is 1. The van der Waals surface area contributed by atoms with E-state index in [1.54, 1.807) is 0 Å². The normalized spacial score (nSPS) is 27.5. The summed E-state index contributed by atoms with van der Waals surface area (Å²) in [6, 6.07) is -3.31. The molecule has 0 spiro atoms. The van der Waals surface area contributed by atoms with E-state index < -0.39 is 62.0 Å². The Bertz CT molecular complexity index is 1080.